The number of rotatable bonds is 0. The summed E-state index contributed by atoms with van der Waals surface area (Å²) in [6.07, 6.45) is 4.26. The molecular weight excluding hydrogens is 116 g/mol. The van der Waals surface area contributed by atoms with Gasteiger partial charge in [-0.15, -0.1) is 0 Å². The molecule has 0 N–H and O–H groups in total. The van der Waals surface area contributed by atoms with Gasteiger partial charge in [0.15, 0.2) is 6.33 Å². The Hall–Kier alpha value is -0.960. The van der Waals surface area contributed by atoms with Crippen LogP contribution in [0, 0.1) is 6.33 Å². The number of aromatic nitrogens is 2. The first-order valence-corrected chi connectivity index (χ1v) is 2.75. The Morgan fingerprint density at radius 1 is 1.56 bits per heavy atom. The highest BCUT2D eigenvalue weighted by Gasteiger charge is 2.10. The lowest BCUT2D eigenvalue weighted by Gasteiger charge is -1.87. The number of nitrogens with zero attached hydrogens (tertiary/aromatic N) is 2. The molecule has 9 heavy (non-hydrogen) atoms. The normalized spacial score (nSPS) is 15.6. The monoisotopic (exact) mass is 121 g/mol. The summed E-state index contributed by atoms with van der Waals surface area (Å²) in [6, 6.07) is 0. The molecule has 2 heterocycles. The zero-order chi connectivity index (χ0) is 6.10. The van der Waals surface area contributed by atoms with Crippen LogP contribution in [0.15, 0.2) is 6.20 Å². The van der Waals surface area contributed by atoms with E-state index in [1.807, 2.05) is 0 Å². The molecule has 0 aliphatic carbocycles. The summed E-state index contributed by atoms with van der Waals surface area (Å²) in [6.45, 7) is 1.28. The van der Waals surface area contributed by atoms with E-state index in [1.165, 1.54) is 0 Å². The molecule has 1 aliphatic heterocycles. The smallest absolute Gasteiger partial charge is 0.198 e. The topological polar surface area (TPSA) is 35.0 Å². The molecule has 1 aromatic rings. The first-order chi connectivity index (χ1) is 4.47. The van der Waals surface area contributed by atoms with Crippen LogP contribution in [0.2, 0.25) is 0 Å². The number of ether oxygens (including phenoxy) is 1. The largest absolute Gasteiger partial charge is 0.370 e. The van der Waals surface area contributed by atoms with Crippen LogP contribution < -0.4 is 0 Å². The molecule has 0 amide bonds. The van der Waals surface area contributed by atoms with Gasteiger partial charge in [-0.3, -0.25) is 0 Å². The fraction of sp³-hybridized carbons (Fsp3) is 0.333. The highest BCUT2D eigenvalue weighted by molar-refractivity contribution is 5.16. The van der Waals surface area contributed by atoms with Gasteiger partial charge in [-0.25, -0.2) is 9.97 Å². The molecule has 2 rings (SSSR count). The number of hydrogen-bond acceptors (Lipinski definition) is 3. The molecular formula is C6H5N2O. The standard InChI is InChI=1S/C6H5N2O/c1-5-2-9-3-6(5)8-4-7-1/h1H,2-3H2. The average molecular weight is 121 g/mol. The Kier molecular flexibility index (Phi) is 0.960. The second kappa shape index (κ2) is 1.77. The second-order valence-electron chi connectivity index (χ2n) is 1.93. The Morgan fingerprint density at radius 3 is 3.44 bits per heavy atom. The second-order valence-corrected chi connectivity index (χ2v) is 1.93. The van der Waals surface area contributed by atoms with Crippen LogP contribution in [0.3, 0.4) is 0 Å². The van der Waals surface area contributed by atoms with Crippen LogP contribution in [-0.4, -0.2) is 9.97 Å². The quantitative estimate of drug-likeness (QED) is 0.495. The van der Waals surface area contributed by atoms with Gasteiger partial charge in [0.05, 0.1) is 18.9 Å². The van der Waals surface area contributed by atoms with Crippen molar-refractivity contribution < 1.29 is 4.74 Å². The van der Waals surface area contributed by atoms with Gasteiger partial charge in [-0.05, 0) is 0 Å². The van der Waals surface area contributed by atoms with Crippen molar-refractivity contribution >= 4 is 0 Å². The van der Waals surface area contributed by atoms with E-state index >= 15 is 0 Å². The highest BCUT2D eigenvalue weighted by Crippen LogP contribution is 2.13. The van der Waals surface area contributed by atoms with Crippen molar-refractivity contribution in [2.45, 2.75) is 13.2 Å². The van der Waals surface area contributed by atoms with Gasteiger partial charge in [0.25, 0.3) is 0 Å². The van der Waals surface area contributed by atoms with Crippen LogP contribution >= 0.6 is 0 Å². The van der Waals surface area contributed by atoms with Crippen molar-refractivity contribution in [2.75, 3.05) is 0 Å². The highest BCUT2D eigenvalue weighted by atomic mass is 16.5. The third-order valence-corrected chi connectivity index (χ3v) is 1.33. The molecule has 0 aromatic carbocycles. The Morgan fingerprint density at radius 2 is 2.56 bits per heavy atom. The molecule has 0 spiro atoms. The lowest BCUT2D eigenvalue weighted by Crippen LogP contribution is -1.87. The number of hydrogen-bond donors (Lipinski definition) is 0. The molecule has 0 bridgehead atoms. The predicted octanol–water partition coefficient (Wildman–Crippen LogP) is 0.307. The lowest BCUT2D eigenvalue weighted by molar-refractivity contribution is 0.133. The Bertz CT molecular complexity index is 201. The van der Waals surface area contributed by atoms with Crippen molar-refractivity contribution in [1.29, 1.82) is 0 Å². The van der Waals surface area contributed by atoms with E-state index in [0.717, 1.165) is 11.3 Å². The molecule has 1 aliphatic rings. The van der Waals surface area contributed by atoms with Crippen LogP contribution in [0.5, 0.6) is 0 Å². The average Bonchev–Trinajstić information content (AvgIpc) is 2.33. The summed E-state index contributed by atoms with van der Waals surface area (Å²) >= 11 is 0. The summed E-state index contributed by atoms with van der Waals surface area (Å²) < 4.78 is 5.09. The van der Waals surface area contributed by atoms with Crippen LogP contribution in [0.4, 0.5) is 0 Å². The van der Waals surface area contributed by atoms with Crippen molar-refractivity contribution in [3.05, 3.63) is 23.8 Å². The molecule has 1 aromatic heterocycles. The summed E-state index contributed by atoms with van der Waals surface area (Å²) in [5.74, 6) is 0. The third kappa shape index (κ3) is 0.695. The van der Waals surface area contributed by atoms with Crippen molar-refractivity contribution in [1.82, 2.24) is 9.97 Å². The van der Waals surface area contributed by atoms with E-state index in [9.17, 15) is 0 Å². The van der Waals surface area contributed by atoms with E-state index in [1.54, 1.807) is 6.20 Å². The minimum Gasteiger partial charge on any atom is -0.370 e. The van der Waals surface area contributed by atoms with Gasteiger partial charge in [0, 0.05) is 11.8 Å². The molecule has 3 nitrogen and oxygen atoms in total. The molecule has 0 unspecified atom stereocenters. The Labute approximate surface area is 52.7 Å². The molecule has 0 saturated heterocycles. The van der Waals surface area contributed by atoms with Gasteiger partial charge in [-0.1, -0.05) is 0 Å². The van der Waals surface area contributed by atoms with Crippen molar-refractivity contribution in [3.8, 4) is 0 Å². The summed E-state index contributed by atoms with van der Waals surface area (Å²) in [7, 11) is 0. The number of fused-ring (bicyclic) bond motifs is 1. The Balaban J connectivity index is 2.54. The van der Waals surface area contributed by atoms with Gasteiger partial charge in [0.1, 0.15) is 0 Å². The van der Waals surface area contributed by atoms with Crippen molar-refractivity contribution in [2.24, 2.45) is 0 Å². The third-order valence-electron chi connectivity index (χ3n) is 1.33. The molecule has 1 radical (unpaired) electrons. The summed E-state index contributed by atoms with van der Waals surface area (Å²) in [5.41, 5.74) is 2.07. The maximum absolute atomic E-state index is 5.09. The molecule has 0 saturated carbocycles. The first kappa shape index (κ1) is 4.88. The van der Waals surface area contributed by atoms with Gasteiger partial charge < -0.3 is 4.74 Å². The fourth-order valence-electron chi connectivity index (χ4n) is 0.846. The first-order valence-electron chi connectivity index (χ1n) is 2.75. The summed E-state index contributed by atoms with van der Waals surface area (Å²) in [4.78, 5) is 7.64. The SMILES string of the molecule is [c]1ncc2c(n1)COC2. The van der Waals surface area contributed by atoms with Gasteiger partial charge in [0.2, 0.25) is 0 Å². The van der Waals surface area contributed by atoms with E-state index in [0.29, 0.717) is 13.2 Å². The predicted molar refractivity (Wildman–Crippen MR) is 29.4 cm³/mol. The molecule has 45 valence electrons. The van der Waals surface area contributed by atoms with E-state index in [4.69, 9.17) is 4.74 Å². The molecule has 0 atom stereocenters. The van der Waals surface area contributed by atoms with E-state index in [2.05, 4.69) is 16.3 Å². The minimum absolute atomic E-state index is 0.619. The maximum atomic E-state index is 5.09. The van der Waals surface area contributed by atoms with Crippen LogP contribution in [0.25, 0.3) is 0 Å². The van der Waals surface area contributed by atoms with E-state index < -0.39 is 0 Å². The van der Waals surface area contributed by atoms with Gasteiger partial charge in [-0.2, -0.15) is 0 Å². The maximum Gasteiger partial charge on any atom is 0.198 e. The van der Waals surface area contributed by atoms with Gasteiger partial charge >= 0.3 is 0 Å². The minimum atomic E-state index is 0.619. The van der Waals surface area contributed by atoms with E-state index in [-0.39, 0.29) is 0 Å². The summed E-state index contributed by atoms with van der Waals surface area (Å²) in [5, 5.41) is 0. The van der Waals surface area contributed by atoms with Crippen LogP contribution in [0.1, 0.15) is 11.3 Å². The lowest BCUT2D eigenvalue weighted by atomic mass is 10.3. The zero-order valence-electron chi connectivity index (χ0n) is 4.79. The van der Waals surface area contributed by atoms with Crippen LogP contribution in [-0.2, 0) is 18.0 Å². The molecule has 3 heteroatoms. The zero-order valence-corrected chi connectivity index (χ0v) is 4.79. The van der Waals surface area contributed by atoms with Crippen molar-refractivity contribution in [3.63, 3.8) is 0 Å². The molecule has 0 fully saturated rings. The fourth-order valence-corrected chi connectivity index (χ4v) is 0.846.